The van der Waals surface area contributed by atoms with E-state index in [1.54, 1.807) is 0 Å². The van der Waals surface area contributed by atoms with E-state index in [9.17, 15) is 4.79 Å². The number of carbonyl (C=O) groups is 1. The van der Waals surface area contributed by atoms with E-state index in [0.29, 0.717) is 24.8 Å². The topological polar surface area (TPSA) is 55.1 Å². The molecule has 0 bridgehead atoms. The molecule has 0 radical (unpaired) electrons. The van der Waals surface area contributed by atoms with Gasteiger partial charge in [0.15, 0.2) is 0 Å². The van der Waals surface area contributed by atoms with Crippen molar-refractivity contribution in [2.45, 2.75) is 58.4 Å². The molecule has 1 rings (SSSR count). The largest absolute Gasteiger partial charge is 0.355 e. The van der Waals surface area contributed by atoms with Crippen LogP contribution in [0.2, 0.25) is 0 Å². The first-order valence-corrected chi connectivity index (χ1v) is 6.60. The van der Waals surface area contributed by atoms with E-state index in [2.05, 4.69) is 19.2 Å². The summed E-state index contributed by atoms with van der Waals surface area (Å²) in [5, 5.41) is 2.95. The zero-order valence-corrected chi connectivity index (χ0v) is 10.7. The standard InChI is InChI=1S/C13H26N2O/c1-10(2)7-12(14)9-15-13(16)8-11-5-3-4-6-11/h10-12H,3-9,14H2,1-2H3,(H,15,16). The van der Waals surface area contributed by atoms with Crippen molar-refractivity contribution in [3.8, 4) is 0 Å². The van der Waals surface area contributed by atoms with Crippen LogP contribution < -0.4 is 11.1 Å². The number of nitrogens with two attached hydrogens (primary N) is 1. The predicted octanol–water partition coefficient (Wildman–Crippen LogP) is 2.06. The zero-order valence-electron chi connectivity index (χ0n) is 10.7. The molecule has 0 aliphatic heterocycles. The first kappa shape index (κ1) is 13.5. The zero-order chi connectivity index (χ0) is 12.0. The summed E-state index contributed by atoms with van der Waals surface area (Å²) in [5.41, 5.74) is 5.92. The van der Waals surface area contributed by atoms with Crippen molar-refractivity contribution >= 4 is 5.91 Å². The first-order valence-electron chi connectivity index (χ1n) is 6.60. The molecule has 3 N–H and O–H groups in total. The lowest BCUT2D eigenvalue weighted by Gasteiger charge is -2.15. The highest BCUT2D eigenvalue weighted by Gasteiger charge is 2.18. The smallest absolute Gasteiger partial charge is 0.220 e. The molecule has 1 aliphatic carbocycles. The fourth-order valence-electron chi connectivity index (χ4n) is 2.48. The van der Waals surface area contributed by atoms with Crippen LogP contribution in [0.25, 0.3) is 0 Å². The van der Waals surface area contributed by atoms with Crippen LogP contribution in [0.4, 0.5) is 0 Å². The van der Waals surface area contributed by atoms with E-state index < -0.39 is 0 Å². The molecular weight excluding hydrogens is 200 g/mol. The van der Waals surface area contributed by atoms with E-state index in [1.165, 1.54) is 25.7 Å². The summed E-state index contributed by atoms with van der Waals surface area (Å²) in [5.74, 6) is 1.41. The number of hydrogen-bond donors (Lipinski definition) is 2. The van der Waals surface area contributed by atoms with Crippen molar-refractivity contribution in [3.05, 3.63) is 0 Å². The maximum atomic E-state index is 11.6. The molecule has 1 amide bonds. The minimum absolute atomic E-state index is 0.104. The highest BCUT2D eigenvalue weighted by molar-refractivity contribution is 5.76. The Kier molecular flexibility index (Phi) is 5.81. The summed E-state index contributed by atoms with van der Waals surface area (Å²) in [6.07, 6.45) is 6.73. The lowest BCUT2D eigenvalue weighted by atomic mass is 10.0. The van der Waals surface area contributed by atoms with Gasteiger partial charge in [0, 0.05) is 19.0 Å². The van der Waals surface area contributed by atoms with Crippen LogP contribution in [0, 0.1) is 11.8 Å². The number of rotatable bonds is 6. The lowest BCUT2D eigenvalue weighted by Crippen LogP contribution is -2.38. The molecule has 1 unspecified atom stereocenters. The van der Waals surface area contributed by atoms with Gasteiger partial charge in [-0.3, -0.25) is 4.79 Å². The Bertz CT molecular complexity index is 210. The Morgan fingerprint density at radius 2 is 2.00 bits per heavy atom. The van der Waals surface area contributed by atoms with Gasteiger partial charge in [-0.15, -0.1) is 0 Å². The van der Waals surface area contributed by atoms with Crippen molar-refractivity contribution in [2.75, 3.05) is 6.54 Å². The monoisotopic (exact) mass is 226 g/mol. The van der Waals surface area contributed by atoms with Crippen LogP contribution in [0.15, 0.2) is 0 Å². The number of hydrogen-bond acceptors (Lipinski definition) is 2. The van der Waals surface area contributed by atoms with Gasteiger partial charge in [-0.05, 0) is 31.1 Å². The van der Waals surface area contributed by atoms with Gasteiger partial charge in [0.2, 0.25) is 5.91 Å². The minimum atomic E-state index is 0.104. The number of nitrogens with one attached hydrogen (secondary N) is 1. The average Bonchev–Trinajstić information content (AvgIpc) is 2.66. The second-order valence-corrected chi connectivity index (χ2v) is 5.55. The Labute approximate surface area is 99.2 Å². The third-order valence-corrected chi connectivity index (χ3v) is 3.28. The van der Waals surface area contributed by atoms with Crippen LogP contribution >= 0.6 is 0 Å². The van der Waals surface area contributed by atoms with Crippen LogP contribution in [-0.2, 0) is 4.79 Å². The summed E-state index contributed by atoms with van der Waals surface area (Å²) >= 11 is 0. The predicted molar refractivity (Wildman–Crippen MR) is 67.0 cm³/mol. The van der Waals surface area contributed by atoms with Crippen molar-refractivity contribution in [3.63, 3.8) is 0 Å². The molecule has 1 fully saturated rings. The van der Waals surface area contributed by atoms with Gasteiger partial charge in [-0.1, -0.05) is 26.7 Å². The molecule has 0 heterocycles. The molecule has 16 heavy (non-hydrogen) atoms. The molecule has 1 atom stereocenters. The Morgan fingerprint density at radius 1 is 1.38 bits per heavy atom. The summed E-state index contributed by atoms with van der Waals surface area (Å²) < 4.78 is 0. The summed E-state index contributed by atoms with van der Waals surface area (Å²) in [7, 11) is 0. The molecule has 0 aromatic rings. The maximum Gasteiger partial charge on any atom is 0.220 e. The van der Waals surface area contributed by atoms with Gasteiger partial charge >= 0.3 is 0 Å². The van der Waals surface area contributed by atoms with Crippen molar-refractivity contribution in [2.24, 2.45) is 17.6 Å². The molecule has 1 aliphatic rings. The van der Waals surface area contributed by atoms with Crippen LogP contribution in [-0.4, -0.2) is 18.5 Å². The van der Waals surface area contributed by atoms with Gasteiger partial charge in [0.1, 0.15) is 0 Å². The van der Waals surface area contributed by atoms with E-state index in [4.69, 9.17) is 5.73 Å². The third kappa shape index (κ3) is 5.50. The Balaban J connectivity index is 2.09. The number of amides is 1. The normalized spacial score (nSPS) is 19.0. The molecule has 1 saturated carbocycles. The van der Waals surface area contributed by atoms with Gasteiger partial charge in [-0.25, -0.2) is 0 Å². The van der Waals surface area contributed by atoms with E-state index in [0.717, 1.165) is 6.42 Å². The van der Waals surface area contributed by atoms with Gasteiger partial charge in [0.25, 0.3) is 0 Å². The molecule has 3 nitrogen and oxygen atoms in total. The maximum absolute atomic E-state index is 11.6. The molecule has 0 aromatic heterocycles. The Hall–Kier alpha value is -0.570. The van der Waals surface area contributed by atoms with Crippen LogP contribution in [0.1, 0.15) is 52.4 Å². The van der Waals surface area contributed by atoms with Gasteiger partial charge < -0.3 is 11.1 Å². The van der Waals surface area contributed by atoms with Crippen molar-refractivity contribution in [1.29, 1.82) is 0 Å². The average molecular weight is 226 g/mol. The van der Waals surface area contributed by atoms with Gasteiger partial charge in [-0.2, -0.15) is 0 Å². The molecular formula is C13H26N2O. The fraction of sp³-hybridized carbons (Fsp3) is 0.923. The van der Waals surface area contributed by atoms with Crippen molar-refractivity contribution in [1.82, 2.24) is 5.32 Å². The highest BCUT2D eigenvalue weighted by atomic mass is 16.1. The van der Waals surface area contributed by atoms with Gasteiger partial charge in [0.05, 0.1) is 0 Å². The summed E-state index contributed by atoms with van der Waals surface area (Å²) in [6.45, 7) is 4.93. The summed E-state index contributed by atoms with van der Waals surface area (Å²) in [4.78, 5) is 11.6. The second kappa shape index (κ2) is 6.89. The quantitative estimate of drug-likeness (QED) is 0.728. The van der Waals surface area contributed by atoms with E-state index in [-0.39, 0.29) is 11.9 Å². The molecule has 3 heteroatoms. The molecule has 0 spiro atoms. The Morgan fingerprint density at radius 3 is 2.56 bits per heavy atom. The number of carbonyl (C=O) groups excluding carboxylic acids is 1. The SMILES string of the molecule is CC(C)CC(N)CNC(=O)CC1CCCC1. The summed E-state index contributed by atoms with van der Waals surface area (Å²) in [6, 6.07) is 0.104. The third-order valence-electron chi connectivity index (χ3n) is 3.28. The molecule has 0 saturated heterocycles. The fourth-order valence-corrected chi connectivity index (χ4v) is 2.48. The van der Waals surface area contributed by atoms with Crippen molar-refractivity contribution < 1.29 is 4.79 Å². The van der Waals surface area contributed by atoms with Crippen LogP contribution in [0.5, 0.6) is 0 Å². The first-order chi connectivity index (χ1) is 7.58. The lowest BCUT2D eigenvalue weighted by molar-refractivity contribution is -0.122. The molecule has 94 valence electrons. The van der Waals surface area contributed by atoms with Crippen LogP contribution in [0.3, 0.4) is 0 Å². The van der Waals surface area contributed by atoms with E-state index >= 15 is 0 Å². The highest BCUT2D eigenvalue weighted by Crippen LogP contribution is 2.27. The minimum Gasteiger partial charge on any atom is -0.355 e. The molecule has 0 aromatic carbocycles. The second-order valence-electron chi connectivity index (χ2n) is 5.55. The van der Waals surface area contributed by atoms with E-state index in [1.807, 2.05) is 0 Å².